The van der Waals surface area contributed by atoms with Gasteiger partial charge in [-0.15, -0.1) is 0 Å². The summed E-state index contributed by atoms with van der Waals surface area (Å²) in [7, 11) is 0. The third-order valence-electron chi connectivity index (χ3n) is 5.08. The smallest absolute Gasteiger partial charge is 0.227 e. The lowest BCUT2D eigenvalue weighted by molar-refractivity contribution is -0.132. The summed E-state index contributed by atoms with van der Waals surface area (Å²) < 4.78 is 2.22. The molecule has 29 heavy (non-hydrogen) atoms. The molecule has 150 valence electrons. The maximum atomic E-state index is 13.2. The molecular weight excluding hydrogens is 358 g/mol. The standard InChI is InChI=1S/C25H29N3O/c1-5-8-20(4)16-27-18-22(23-9-6-7-10-24(23)27)15-25(29)28(19(2)3)17-21-11-13-26-14-12-21/h5-14,18-19H,1,15-17H2,2-4H3/b20-8+. The number of amides is 1. The Labute approximate surface area is 173 Å². The highest BCUT2D eigenvalue weighted by Gasteiger charge is 2.20. The first-order valence-corrected chi connectivity index (χ1v) is 10.0. The lowest BCUT2D eigenvalue weighted by atomic mass is 10.1. The van der Waals surface area contributed by atoms with E-state index in [0.29, 0.717) is 13.0 Å². The van der Waals surface area contributed by atoms with E-state index in [1.165, 1.54) is 5.57 Å². The lowest BCUT2D eigenvalue weighted by Gasteiger charge is -2.27. The van der Waals surface area contributed by atoms with Crippen LogP contribution in [0.25, 0.3) is 10.9 Å². The summed E-state index contributed by atoms with van der Waals surface area (Å²) in [6.45, 7) is 11.4. The molecule has 0 fully saturated rings. The van der Waals surface area contributed by atoms with E-state index in [1.807, 2.05) is 41.3 Å². The van der Waals surface area contributed by atoms with E-state index in [2.05, 4.69) is 55.2 Å². The van der Waals surface area contributed by atoms with Crippen LogP contribution in [0.4, 0.5) is 0 Å². The van der Waals surface area contributed by atoms with Gasteiger partial charge in [-0.3, -0.25) is 9.78 Å². The van der Waals surface area contributed by atoms with E-state index < -0.39 is 0 Å². The summed E-state index contributed by atoms with van der Waals surface area (Å²) in [5.41, 5.74) is 4.53. The first-order chi connectivity index (χ1) is 14.0. The van der Waals surface area contributed by atoms with Gasteiger partial charge in [0.25, 0.3) is 0 Å². The van der Waals surface area contributed by atoms with Gasteiger partial charge in [0.2, 0.25) is 5.91 Å². The topological polar surface area (TPSA) is 38.1 Å². The number of fused-ring (bicyclic) bond motifs is 1. The molecule has 0 aliphatic heterocycles. The molecule has 0 aliphatic carbocycles. The van der Waals surface area contributed by atoms with Gasteiger partial charge in [0.05, 0.1) is 6.42 Å². The minimum absolute atomic E-state index is 0.127. The molecule has 0 saturated carbocycles. The van der Waals surface area contributed by atoms with E-state index in [4.69, 9.17) is 0 Å². The average molecular weight is 388 g/mol. The third kappa shape index (κ3) is 5.02. The highest BCUT2D eigenvalue weighted by molar-refractivity contribution is 5.89. The molecule has 0 unspecified atom stereocenters. The first kappa shape index (κ1) is 20.6. The fourth-order valence-corrected chi connectivity index (χ4v) is 3.63. The molecule has 0 N–H and O–H groups in total. The maximum Gasteiger partial charge on any atom is 0.227 e. The second-order valence-electron chi connectivity index (χ2n) is 7.70. The summed E-state index contributed by atoms with van der Waals surface area (Å²) in [4.78, 5) is 19.2. The number of aromatic nitrogens is 2. The van der Waals surface area contributed by atoms with Crippen molar-refractivity contribution in [3.8, 4) is 0 Å². The van der Waals surface area contributed by atoms with Gasteiger partial charge < -0.3 is 9.47 Å². The molecule has 2 heterocycles. The molecule has 0 atom stereocenters. The number of hydrogen-bond donors (Lipinski definition) is 0. The molecule has 4 heteroatoms. The highest BCUT2D eigenvalue weighted by atomic mass is 16.2. The van der Waals surface area contributed by atoms with E-state index in [1.54, 1.807) is 12.4 Å². The number of carbonyl (C=O) groups excluding carboxylic acids is 1. The number of benzene rings is 1. The van der Waals surface area contributed by atoms with Crippen LogP contribution >= 0.6 is 0 Å². The van der Waals surface area contributed by atoms with Gasteiger partial charge in [0.15, 0.2) is 0 Å². The van der Waals surface area contributed by atoms with Crippen LogP contribution in [0, 0.1) is 0 Å². The Morgan fingerprint density at radius 1 is 1.21 bits per heavy atom. The molecule has 1 amide bonds. The zero-order chi connectivity index (χ0) is 20.8. The van der Waals surface area contributed by atoms with Crippen molar-refractivity contribution in [1.82, 2.24) is 14.5 Å². The Hall–Kier alpha value is -3.14. The van der Waals surface area contributed by atoms with Crippen LogP contribution in [0.5, 0.6) is 0 Å². The predicted molar refractivity (Wildman–Crippen MR) is 120 cm³/mol. The molecule has 3 rings (SSSR count). The number of carbonyl (C=O) groups is 1. The third-order valence-corrected chi connectivity index (χ3v) is 5.08. The van der Waals surface area contributed by atoms with E-state index >= 15 is 0 Å². The van der Waals surface area contributed by atoms with Crippen molar-refractivity contribution in [3.63, 3.8) is 0 Å². The monoisotopic (exact) mass is 387 g/mol. The minimum Gasteiger partial charge on any atom is -0.343 e. The van der Waals surface area contributed by atoms with Crippen molar-refractivity contribution < 1.29 is 4.79 Å². The van der Waals surface area contributed by atoms with Crippen LogP contribution in [-0.2, 0) is 24.3 Å². The van der Waals surface area contributed by atoms with E-state index in [-0.39, 0.29) is 11.9 Å². The Kier molecular flexibility index (Phi) is 6.65. The number of allylic oxidation sites excluding steroid dienone is 3. The van der Waals surface area contributed by atoms with Gasteiger partial charge in [-0.1, -0.05) is 42.5 Å². The molecule has 0 aliphatic rings. The zero-order valence-corrected chi connectivity index (χ0v) is 17.5. The molecule has 0 bridgehead atoms. The van der Waals surface area contributed by atoms with Crippen LogP contribution in [0.3, 0.4) is 0 Å². The van der Waals surface area contributed by atoms with Crippen LogP contribution in [0.15, 0.2) is 79.3 Å². The maximum absolute atomic E-state index is 13.2. The Morgan fingerprint density at radius 3 is 2.62 bits per heavy atom. The quantitative estimate of drug-likeness (QED) is 0.502. The summed E-state index contributed by atoms with van der Waals surface area (Å²) in [6, 6.07) is 12.3. The second kappa shape index (κ2) is 9.37. The normalized spacial score (nSPS) is 11.8. The van der Waals surface area contributed by atoms with Crippen LogP contribution in [-0.4, -0.2) is 26.4 Å². The van der Waals surface area contributed by atoms with Crippen LogP contribution in [0.1, 0.15) is 31.9 Å². The number of para-hydroxylation sites is 1. The van der Waals surface area contributed by atoms with Gasteiger partial charge in [-0.05, 0) is 50.1 Å². The molecule has 0 spiro atoms. The summed E-state index contributed by atoms with van der Waals surface area (Å²) in [5, 5.41) is 1.14. The van der Waals surface area contributed by atoms with Gasteiger partial charge in [-0.2, -0.15) is 0 Å². The molecular formula is C25H29N3O. The largest absolute Gasteiger partial charge is 0.343 e. The second-order valence-corrected chi connectivity index (χ2v) is 7.70. The lowest BCUT2D eigenvalue weighted by Crippen LogP contribution is -2.37. The van der Waals surface area contributed by atoms with Crippen LogP contribution in [0.2, 0.25) is 0 Å². The van der Waals surface area contributed by atoms with E-state index in [0.717, 1.165) is 28.6 Å². The molecule has 1 aromatic carbocycles. The molecule has 2 aromatic heterocycles. The average Bonchev–Trinajstić information content (AvgIpc) is 3.04. The van der Waals surface area contributed by atoms with Gasteiger partial charge >= 0.3 is 0 Å². The van der Waals surface area contributed by atoms with Gasteiger partial charge in [0, 0.05) is 48.6 Å². The van der Waals surface area contributed by atoms with Crippen molar-refractivity contribution in [3.05, 3.63) is 90.4 Å². The molecule has 4 nitrogen and oxygen atoms in total. The van der Waals surface area contributed by atoms with Crippen molar-refractivity contribution >= 4 is 16.8 Å². The number of nitrogens with zero attached hydrogens (tertiary/aromatic N) is 3. The fraction of sp³-hybridized carbons (Fsp3) is 0.280. The first-order valence-electron chi connectivity index (χ1n) is 10.0. The van der Waals surface area contributed by atoms with Crippen LogP contribution < -0.4 is 0 Å². The van der Waals surface area contributed by atoms with E-state index in [9.17, 15) is 4.79 Å². The van der Waals surface area contributed by atoms with Crippen molar-refractivity contribution in [2.24, 2.45) is 0 Å². The fourth-order valence-electron chi connectivity index (χ4n) is 3.63. The molecule has 0 radical (unpaired) electrons. The van der Waals surface area contributed by atoms with Gasteiger partial charge in [-0.25, -0.2) is 0 Å². The van der Waals surface area contributed by atoms with Crippen molar-refractivity contribution in [1.29, 1.82) is 0 Å². The SMILES string of the molecule is C=C/C=C(\C)Cn1cc(CC(=O)N(Cc2ccncc2)C(C)C)c2ccccc21. The Morgan fingerprint density at radius 2 is 1.93 bits per heavy atom. The summed E-state index contributed by atoms with van der Waals surface area (Å²) in [5.74, 6) is 0.137. The number of pyridine rings is 1. The summed E-state index contributed by atoms with van der Waals surface area (Å²) >= 11 is 0. The Bertz CT molecular complexity index is 1010. The Balaban J connectivity index is 1.87. The molecule has 0 saturated heterocycles. The van der Waals surface area contributed by atoms with Crippen molar-refractivity contribution in [2.45, 2.75) is 46.3 Å². The van der Waals surface area contributed by atoms with Crippen molar-refractivity contribution in [2.75, 3.05) is 0 Å². The highest BCUT2D eigenvalue weighted by Crippen LogP contribution is 2.24. The predicted octanol–water partition coefficient (Wildman–Crippen LogP) is 5.15. The van der Waals surface area contributed by atoms with Gasteiger partial charge in [0.1, 0.15) is 0 Å². The minimum atomic E-state index is 0.127. The number of rotatable bonds is 8. The number of hydrogen-bond acceptors (Lipinski definition) is 2. The molecule has 3 aromatic rings. The summed E-state index contributed by atoms with van der Waals surface area (Å²) in [6.07, 6.45) is 9.88. The zero-order valence-electron chi connectivity index (χ0n) is 17.5.